The summed E-state index contributed by atoms with van der Waals surface area (Å²) < 4.78 is 0. The molecule has 5 nitrogen and oxygen atoms in total. The van der Waals surface area contributed by atoms with E-state index < -0.39 is 0 Å². The molecule has 0 amide bonds. The van der Waals surface area contributed by atoms with E-state index in [1.165, 1.54) is 16.7 Å². The first-order chi connectivity index (χ1) is 11.6. The number of nitrogens with zero attached hydrogens (tertiary/aromatic N) is 4. The summed E-state index contributed by atoms with van der Waals surface area (Å²) in [5.41, 5.74) is 11.3. The van der Waals surface area contributed by atoms with Gasteiger partial charge < -0.3 is 10.6 Å². The average molecular weight is 323 g/mol. The third-order valence-electron chi connectivity index (χ3n) is 5.23. The fourth-order valence-electron chi connectivity index (χ4n) is 3.77. The lowest BCUT2D eigenvalue weighted by atomic mass is 9.78. The van der Waals surface area contributed by atoms with Crippen LogP contribution in [0.5, 0.6) is 0 Å². The summed E-state index contributed by atoms with van der Waals surface area (Å²) in [7, 11) is 4.26. The molecule has 1 aliphatic carbocycles. The summed E-state index contributed by atoms with van der Waals surface area (Å²) >= 11 is 0. The predicted molar refractivity (Wildman–Crippen MR) is 95.7 cm³/mol. The highest BCUT2D eigenvalue weighted by Gasteiger charge is 2.28. The van der Waals surface area contributed by atoms with E-state index in [1.807, 2.05) is 0 Å². The minimum Gasteiger partial charge on any atom is -0.355 e. The van der Waals surface area contributed by atoms with Crippen molar-refractivity contribution in [2.45, 2.75) is 44.4 Å². The van der Waals surface area contributed by atoms with Crippen molar-refractivity contribution in [2.24, 2.45) is 5.73 Å². The van der Waals surface area contributed by atoms with Crippen LogP contribution in [0.3, 0.4) is 0 Å². The van der Waals surface area contributed by atoms with E-state index >= 15 is 0 Å². The van der Waals surface area contributed by atoms with Crippen molar-refractivity contribution in [2.75, 3.05) is 19.0 Å². The van der Waals surface area contributed by atoms with Gasteiger partial charge in [0.25, 0.3) is 0 Å². The van der Waals surface area contributed by atoms with E-state index in [1.54, 1.807) is 6.33 Å². The first kappa shape index (κ1) is 15.5. The Labute approximate surface area is 143 Å². The van der Waals surface area contributed by atoms with Gasteiger partial charge in [-0.05, 0) is 36.6 Å². The van der Waals surface area contributed by atoms with Crippen molar-refractivity contribution in [3.05, 3.63) is 53.0 Å². The normalized spacial score (nSPS) is 23.0. The van der Waals surface area contributed by atoms with E-state index in [9.17, 15) is 0 Å². The van der Waals surface area contributed by atoms with Crippen LogP contribution in [0.15, 0.2) is 30.6 Å². The van der Waals surface area contributed by atoms with Gasteiger partial charge >= 0.3 is 0 Å². The summed E-state index contributed by atoms with van der Waals surface area (Å²) in [6.45, 7) is 2.97. The molecule has 0 saturated heterocycles. The molecule has 2 heterocycles. The second-order valence-electron chi connectivity index (χ2n) is 7.36. The lowest BCUT2D eigenvalue weighted by Gasteiger charge is -2.32. The molecule has 126 valence electrons. The molecule has 2 aromatic rings. The SMILES string of the molecule is CN1Cc2ccc(CN(C)c3cc(C4CC(N)C4)ncn3)cc2C1. The second kappa shape index (κ2) is 6.15. The quantitative estimate of drug-likeness (QED) is 0.935. The lowest BCUT2D eigenvalue weighted by molar-refractivity contribution is 0.345. The van der Waals surface area contributed by atoms with Gasteiger partial charge in [-0.1, -0.05) is 18.2 Å². The lowest BCUT2D eigenvalue weighted by Crippen LogP contribution is -2.35. The summed E-state index contributed by atoms with van der Waals surface area (Å²) in [4.78, 5) is 13.4. The fraction of sp³-hybridized carbons (Fsp3) is 0.474. The van der Waals surface area contributed by atoms with Crippen LogP contribution in [-0.2, 0) is 19.6 Å². The Hall–Kier alpha value is -1.98. The Kier molecular flexibility index (Phi) is 3.98. The maximum atomic E-state index is 5.90. The second-order valence-corrected chi connectivity index (χ2v) is 7.36. The van der Waals surface area contributed by atoms with Gasteiger partial charge in [-0.15, -0.1) is 0 Å². The topological polar surface area (TPSA) is 58.3 Å². The molecule has 0 bridgehead atoms. The van der Waals surface area contributed by atoms with Crippen molar-refractivity contribution in [3.63, 3.8) is 0 Å². The van der Waals surface area contributed by atoms with E-state index in [0.717, 1.165) is 44.0 Å². The number of rotatable bonds is 4. The zero-order valence-electron chi connectivity index (χ0n) is 14.4. The van der Waals surface area contributed by atoms with Crippen LogP contribution in [0.2, 0.25) is 0 Å². The van der Waals surface area contributed by atoms with Gasteiger partial charge in [0, 0.05) is 50.4 Å². The molecule has 0 atom stereocenters. The Bertz CT molecular complexity index is 738. The van der Waals surface area contributed by atoms with Crippen LogP contribution < -0.4 is 10.6 Å². The van der Waals surface area contributed by atoms with E-state index in [2.05, 4.69) is 58.1 Å². The van der Waals surface area contributed by atoms with Gasteiger partial charge in [0.05, 0.1) is 0 Å². The largest absolute Gasteiger partial charge is 0.355 e. The smallest absolute Gasteiger partial charge is 0.132 e. The molecule has 1 saturated carbocycles. The predicted octanol–water partition coefficient (Wildman–Crippen LogP) is 2.26. The number of anilines is 1. The Morgan fingerprint density at radius 2 is 1.96 bits per heavy atom. The molecule has 1 aromatic carbocycles. The number of hydrogen-bond donors (Lipinski definition) is 1. The summed E-state index contributed by atoms with van der Waals surface area (Å²) in [6, 6.07) is 9.31. The molecule has 0 unspecified atom stereocenters. The number of benzene rings is 1. The van der Waals surface area contributed by atoms with Crippen molar-refractivity contribution in [1.82, 2.24) is 14.9 Å². The van der Waals surface area contributed by atoms with Crippen LogP contribution in [-0.4, -0.2) is 35.0 Å². The Morgan fingerprint density at radius 1 is 1.17 bits per heavy atom. The van der Waals surface area contributed by atoms with Gasteiger partial charge in [0.1, 0.15) is 12.1 Å². The summed E-state index contributed by atoms with van der Waals surface area (Å²) in [5.74, 6) is 1.49. The highest BCUT2D eigenvalue weighted by molar-refractivity contribution is 5.42. The molecule has 0 spiro atoms. The first-order valence-electron chi connectivity index (χ1n) is 8.66. The average Bonchev–Trinajstić information content (AvgIpc) is 2.91. The first-order valence-corrected chi connectivity index (χ1v) is 8.66. The molecule has 1 fully saturated rings. The highest BCUT2D eigenvalue weighted by Crippen LogP contribution is 2.35. The molecule has 1 aromatic heterocycles. The summed E-state index contributed by atoms with van der Waals surface area (Å²) in [5, 5.41) is 0. The minimum absolute atomic E-state index is 0.343. The fourth-order valence-corrected chi connectivity index (χ4v) is 3.77. The number of aromatic nitrogens is 2. The molecular weight excluding hydrogens is 298 g/mol. The van der Waals surface area contributed by atoms with Crippen LogP contribution in [0.1, 0.15) is 41.1 Å². The van der Waals surface area contributed by atoms with E-state index in [4.69, 9.17) is 5.73 Å². The van der Waals surface area contributed by atoms with Gasteiger partial charge in [0.15, 0.2) is 0 Å². The Morgan fingerprint density at radius 3 is 2.75 bits per heavy atom. The maximum absolute atomic E-state index is 5.90. The van der Waals surface area contributed by atoms with Crippen molar-refractivity contribution in [3.8, 4) is 0 Å². The highest BCUT2D eigenvalue weighted by atomic mass is 15.2. The van der Waals surface area contributed by atoms with Gasteiger partial charge in [-0.25, -0.2) is 9.97 Å². The van der Waals surface area contributed by atoms with E-state index in [-0.39, 0.29) is 0 Å². The summed E-state index contributed by atoms with van der Waals surface area (Å²) in [6.07, 6.45) is 3.76. The molecule has 2 N–H and O–H groups in total. The van der Waals surface area contributed by atoms with Crippen LogP contribution in [0, 0.1) is 0 Å². The Balaban J connectivity index is 1.47. The molecule has 5 heteroatoms. The van der Waals surface area contributed by atoms with Crippen molar-refractivity contribution in [1.29, 1.82) is 0 Å². The number of nitrogens with two attached hydrogens (primary N) is 1. The van der Waals surface area contributed by atoms with Crippen LogP contribution in [0.25, 0.3) is 0 Å². The number of hydrogen-bond acceptors (Lipinski definition) is 5. The molecular formula is C19H25N5. The van der Waals surface area contributed by atoms with Crippen molar-refractivity contribution >= 4 is 5.82 Å². The molecule has 1 aliphatic heterocycles. The van der Waals surface area contributed by atoms with Gasteiger partial charge in [-0.2, -0.15) is 0 Å². The molecule has 24 heavy (non-hydrogen) atoms. The van der Waals surface area contributed by atoms with Gasteiger partial charge in [-0.3, -0.25) is 4.90 Å². The maximum Gasteiger partial charge on any atom is 0.132 e. The third kappa shape index (κ3) is 3.01. The van der Waals surface area contributed by atoms with Crippen molar-refractivity contribution < 1.29 is 0 Å². The molecule has 4 rings (SSSR count). The standard InChI is InChI=1S/C19H25N5/c1-23-10-14-4-3-13(5-16(14)11-23)9-24(2)19-8-18(21-12-22-19)15-6-17(20)7-15/h3-5,8,12,15,17H,6-7,9-11,20H2,1-2H3. The number of fused-ring (bicyclic) bond motifs is 1. The van der Waals surface area contributed by atoms with Gasteiger partial charge in [0.2, 0.25) is 0 Å². The van der Waals surface area contributed by atoms with Crippen LogP contribution >= 0.6 is 0 Å². The zero-order valence-corrected chi connectivity index (χ0v) is 14.4. The van der Waals surface area contributed by atoms with Crippen LogP contribution in [0.4, 0.5) is 5.82 Å². The zero-order chi connectivity index (χ0) is 16.7. The molecule has 0 radical (unpaired) electrons. The monoisotopic (exact) mass is 323 g/mol. The third-order valence-corrected chi connectivity index (χ3v) is 5.23. The minimum atomic E-state index is 0.343. The van der Waals surface area contributed by atoms with E-state index in [0.29, 0.717) is 12.0 Å². The molecule has 2 aliphatic rings.